The molecule has 2 aromatic heterocycles. The Morgan fingerprint density at radius 1 is 0.353 bits per heavy atom. The van der Waals surface area contributed by atoms with E-state index in [1.807, 2.05) is 85.1 Å². The summed E-state index contributed by atoms with van der Waals surface area (Å²) < 4.78 is 13.6. The van der Waals surface area contributed by atoms with Gasteiger partial charge in [0.2, 0.25) is 0 Å². The number of pyridine rings is 1. The van der Waals surface area contributed by atoms with Crippen molar-refractivity contribution in [3.8, 4) is 68.3 Å². The van der Waals surface area contributed by atoms with Crippen molar-refractivity contribution in [3.05, 3.63) is 170 Å². The number of rotatable bonds is 4. The fraction of sp³-hybridized carbons (Fsp3) is 0. The lowest BCUT2D eigenvalue weighted by Crippen LogP contribution is -2.16. The second-order valence-electron chi connectivity index (χ2n) is 12.3. The molecular formula is C44H28N4O2S. The average Bonchev–Trinajstić information content (AvgIpc) is 3.21. The molecule has 4 heterocycles. The van der Waals surface area contributed by atoms with E-state index in [-0.39, 0.29) is 0 Å². The number of ether oxygens (including phenoxy) is 2. The number of aromatic nitrogens is 4. The van der Waals surface area contributed by atoms with Gasteiger partial charge in [0.1, 0.15) is 23.0 Å². The molecule has 242 valence electrons. The van der Waals surface area contributed by atoms with Crippen molar-refractivity contribution in [1.82, 2.24) is 19.9 Å². The van der Waals surface area contributed by atoms with E-state index in [1.54, 1.807) is 6.20 Å². The molecule has 1 unspecified atom stereocenters. The molecule has 7 heteroatoms. The van der Waals surface area contributed by atoms with E-state index >= 15 is 0 Å². The summed E-state index contributed by atoms with van der Waals surface area (Å²) in [5.41, 5.74) is 4.76. The first kappa shape index (κ1) is 29.4. The molecule has 1 atom stereocenters. The summed E-state index contributed by atoms with van der Waals surface area (Å²) in [6.45, 7) is 0. The van der Waals surface area contributed by atoms with E-state index in [9.17, 15) is 0 Å². The summed E-state index contributed by atoms with van der Waals surface area (Å²) in [6.07, 6.45) is 3.68. The van der Waals surface area contributed by atoms with Gasteiger partial charge in [-0.1, -0.05) is 97.1 Å². The summed E-state index contributed by atoms with van der Waals surface area (Å²) in [6, 6.07) is 53.8. The van der Waals surface area contributed by atoms with Crippen LogP contribution in [0.2, 0.25) is 0 Å². The van der Waals surface area contributed by atoms with E-state index in [0.29, 0.717) is 17.5 Å². The van der Waals surface area contributed by atoms with Gasteiger partial charge in [-0.2, -0.15) is 0 Å². The van der Waals surface area contributed by atoms with Gasteiger partial charge >= 0.3 is 0 Å². The van der Waals surface area contributed by atoms with Crippen LogP contribution in [0.15, 0.2) is 190 Å². The predicted octanol–water partition coefficient (Wildman–Crippen LogP) is 11.5. The standard InChI is InChI=1S/C44H28N4O2S/c1-3-12-29(13-4-1)42-46-43(30-14-5-2-6-15-30)48-44(47-42)32-22-24-41-37(27-32)50-35-18-8-10-20-39(35)51(41)38-19-9-7-17-34(38)49-36-26-31(21-23-40(36)51)33-16-11-25-45-28-33/h1-28H. The van der Waals surface area contributed by atoms with Gasteiger partial charge < -0.3 is 9.47 Å². The third-order valence-electron chi connectivity index (χ3n) is 9.30. The Balaban J connectivity index is 1.20. The van der Waals surface area contributed by atoms with Crippen LogP contribution in [0.1, 0.15) is 0 Å². The fourth-order valence-corrected chi connectivity index (χ4v) is 11.2. The average molecular weight is 677 g/mol. The normalized spacial score (nSPS) is 16.3. The van der Waals surface area contributed by atoms with Crippen molar-refractivity contribution in [1.29, 1.82) is 0 Å². The third-order valence-corrected chi connectivity index (χ3v) is 13.3. The SMILES string of the molecule is c1ccc(-c2nc(-c3ccccc3)nc(-c3ccc4c(c3)Oc3ccccc3S43c4ccccc4Oc4cc(-c5cccnc5)ccc43)n2)cc1. The summed E-state index contributed by atoms with van der Waals surface area (Å²) >= 11 is 0. The zero-order chi connectivity index (χ0) is 33.8. The number of para-hydroxylation sites is 2. The Morgan fingerprint density at radius 2 is 0.804 bits per heavy atom. The first-order valence-corrected chi connectivity index (χ1v) is 18.3. The molecule has 1 spiro atoms. The molecule has 2 aliphatic heterocycles. The summed E-state index contributed by atoms with van der Waals surface area (Å²) in [5.74, 6) is 5.06. The molecule has 8 aromatic rings. The van der Waals surface area contributed by atoms with Crippen LogP contribution in [0.3, 0.4) is 0 Å². The predicted molar refractivity (Wildman–Crippen MR) is 199 cm³/mol. The van der Waals surface area contributed by atoms with Crippen LogP contribution < -0.4 is 9.47 Å². The highest BCUT2D eigenvalue weighted by atomic mass is 32.3. The number of benzene rings is 6. The lowest BCUT2D eigenvalue weighted by atomic mass is 10.1. The third kappa shape index (κ3) is 4.74. The van der Waals surface area contributed by atoms with Crippen molar-refractivity contribution in [2.75, 3.05) is 0 Å². The van der Waals surface area contributed by atoms with Gasteiger partial charge in [-0.25, -0.2) is 15.0 Å². The maximum atomic E-state index is 6.82. The molecule has 0 radical (unpaired) electrons. The molecule has 0 saturated carbocycles. The Morgan fingerprint density at radius 3 is 1.35 bits per heavy atom. The number of fused-ring (bicyclic) bond motifs is 8. The second-order valence-corrected chi connectivity index (χ2v) is 15.3. The molecule has 6 nitrogen and oxygen atoms in total. The van der Waals surface area contributed by atoms with Gasteiger partial charge in [0.05, 0.1) is 0 Å². The summed E-state index contributed by atoms with van der Waals surface area (Å²) in [7, 11) is -2.06. The second kappa shape index (κ2) is 11.8. The van der Waals surface area contributed by atoms with Crippen LogP contribution in [0.25, 0.3) is 45.3 Å². The minimum Gasteiger partial charge on any atom is -0.455 e. The van der Waals surface area contributed by atoms with E-state index in [2.05, 4.69) is 83.8 Å². The highest BCUT2D eigenvalue weighted by Crippen LogP contribution is 2.83. The minimum absolute atomic E-state index is 0.575. The molecule has 0 fully saturated rings. The first-order chi connectivity index (χ1) is 25.3. The smallest absolute Gasteiger partial charge is 0.164 e. The highest BCUT2D eigenvalue weighted by molar-refractivity contribution is 8.34. The molecule has 0 aliphatic carbocycles. The summed E-state index contributed by atoms with van der Waals surface area (Å²) in [4.78, 5) is 23.8. The van der Waals surface area contributed by atoms with Crippen molar-refractivity contribution in [2.24, 2.45) is 0 Å². The van der Waals surface area contributed by atoms with Crippen LogP contribution in [-0.2, 0) is 0 Å². The van der Waals surface area contributed by atoms with Crippen LogP contribution in [-0.4, -0.2) is 19.9 Å². The van der Waals surface area contributed by atoms with E-state index < -0.39 is 10.0 Å². The van der Waals surface area contributed by atoms with Gasteiger partial charge in [-0.3, -0.25) is 4.98 Å². The van der Waals surface area contributed by atoms with Gasteiger partial charge in [0.15, 0.2) is 17.5 Å². The molecular weight excluding hydrogens is 649 g/mol. The quantitative estimate of drug-likeness (QED) is 0.185. The van der Waals surface area contributed by atoms with E-state index in [4.69, 9.17) is 24.4 Å². The number of hydrogen-bond acceptors (Lipinski definition) is 6. The molecule has 10 rings (SSSR count). The van der Waals surface area contributed by atoms with Crippen molar-refractivity contribution < 1.29 is 9.47 Å². The maximum absolute atomic E-state index is 6.82. The molecule has 2 aliphatic rings. The monoisotopic (exact) mass is 676 g/mol. The molecule has 0 N–H and O–H groups in total. The van der Waals surface area contributed by atoms with Crippen molar-refractivity contribution in [2.45, 2.75) is 19.6 Å². The molecule has 6 aromatic carbocycles. The van der Waals surface area contributed by atoms with Gasteiger partial charge in [-0.15, -0.1) is 10.0 Å². The maximum Gasteiger partial charge on any atom is 0.164 e. The Kier molecular flexibility index (Phi) is 6.79. The molecule has 51 heavy (non-hydrogen) atoms. The molecule has 0 bridgehead atoms. The van der Waals surface area contributed by atoms with Gasteiger partial charge in [0.25, 0.3) is 0 Å². The van der Waals surface area contributed by atoms with Crippen LogP contribution in [0.4, 0.5) is 0 Å². The minimum atomic E-state index is -2.06. The topological polar surface area (TPSA) is 70.0 Å². The summed E-state index contributed by atoms with van der Waals surface area (Å²) in [5, 5.41) is 0. The Labute approximate surface area is 296 Å². The largest absolute Gasteiger partial charge is 0.455 e. The lowest BCUT2D eigenvalue weighted by molar-refractivity contribution is 0.440. The molecule has 0 amide bonds. The van der Waals surface area contributed by atoms with Crippen molar-refractivity contribution in [3.63, 3.8) is 0 Å². The van der Waals surface area contributed by atoms with Gasteiger partial charge in [-0.05, 0) is 66.2 Å². The van der Waals surface area contributed by atoms with Crippen LogP contribution in [0, 0.1) is 0 Å². The lowest BCUT2D eigenvalue weighted by Gasteiger charge is -2.48. The van der Waals surface area contributed by atoms with E-state index in [1.165, 1.54) is 0 Å². The zero-order valence-electron chi connectivity index (χ0n) is 27.2. The Bertz CT molecular complexity index is 2530. The van der Waals surface area contributed by atoms with Crippen LogP contribution >= 0.6 is 10.0 Å². The molecule has 0 saturated heterocycles. The van der Waals surface area contributed by atoms with Gasteiger partial charge in [0, 0.05) is 54.2 Å². The highest BCUT2D eigenvalue weighted by Gasteiger charge is 2.46. The number of hydrogen-bond donors (Lipinski definition) is 0. The fourth-order valence-electron chi connectivity index (χ4n) is 6.99. The van der Waals surface area contributed by atoms with Crippen LogP contribution in [0.5, 0.6) is 23.0 Å². The number of nitrogens with zero attached hydrogens (tertiary/aromatic N) is 4. The zero-order valence-corrected chi connectivity index (χ0v) is 28.0. The van der Waals surface area contributed by atoms with E-state index in [0.717, 1.165) is 70.4 Å². The Hall–Kier alpha value is -6.57. The first-order valence-electron chi connectivity index (χ1n) is 16.7. The van der Waals surface area contributed by atoms with Crippen molar-refractivity contribution >= 4 is 10.0 Å².